The molecule has 162 valence electrons. The van der Waals surface area contributed by atoms with E-state index in [0.717, 1.165) is 38.5 Å². The molecule has 0 heterocycles. The summed E-state index contributed by atoms with van der Waals surface area (Å²) < 4.78 is 7.41. The first-order chi connectivity index (χ1) is 14.9. The molecule has 3 aromatic rings. The first-order valence-corrected chi connectivity index (χ1v) is 11.4. The van der Waals surface area contributed by atoms with Crippen molar-refractivity contribution in [3.05, 3.63) is 63.0 Å². The van der Waals surface area contributed by atoms with Crippen LogP contribution in [-0.4, -0.2) is 36.9 Å². The molecule has 0 fully saturated rings. The molecule has 3 rings (SSSR count). The summed E-state index contributed by atoms with van der Waals surface area (Å²) in [6.07, 6.45) is 1.41. The van der Waals surface area contributed by atoms with Crippen LogP contribution in [0.15, 0.2) is 62.6 Å². The van der Waals surface area contributed by atoms with Crippen molar-refractivity contribution in [3.63, 3.8) is 0 Å². The van der Waals surface area contributed by atoms with Gasteiger partial charge in [0, 0.05) is 34.9 Å². The molecule has 0 saturated heterocycles. The highest BCUT2D eigenvalue weighted by Crippen LogP contribution is 2.34. The minimum atomic E-state index is -0.404. The van der Waals surface area contributed by atoms with Crippen LogP contribution in [0.3, 0.4) is 0 Å². The predicted octanol–water partition coefficient (Wildman–Crippen LogP) is 5.45. The lowest BCUT2D eigenvalue weighted by Gasteiger charge is -2.21. The second-order valence-corrected chi connectivity index (χ2v) is 8.45. The summed E-state index contributed by atoms with van der Waals surface area (Å²) in [7, 11) is 0. The fraction of sp³-hybridized carbons (Fsp3) is 0.217. The maximum Gasteiger partial charge on any atom is 0.277 e. The van der Waals surface area contributed by atoms with Crippen LogP contribution in [0.1, 0.15) is 19.4 Å². The normalized spacial score (nSPS) is 11.1. The number of halogens is 2. The number of phenolic OH excluding ortho intramolecular Hbond substituents is 1. The average molecular weight is 549 g/mol. The van der Waals surface area contributed by atoms with Gasteiger partial charge in [-0.05, 0) is 70.9 Å². The summed E-state index contributed by atoms with van der Waals surface area (Å²) in [5, 5.41) is 16.2. The second-order valence-electron chi connectivity index (χ2n) is 6.74. The molecule has 0 spiro atoms. The first kappa shape index (κ1) is 23.1. The van der Waals surface area contributed by atoms with E-state index in [9.17, 15) is 9.90 Å². The van der Waals surface area contributed by atoms with E-state index in [0.29, 0.717) is 11.3 Å². The third-order valence-corrected chi connectivity index (χ3v) is 6.09. The average Bonchev–Trinajstić information content (AvgIpc) is 2.75. The van der Waals surface area contributed by atoms with Crippen molar-refractivity contribution >= 4 is 60.4 Å². The molecule has 0 aliphatic rings. The number of hydrogen-bond donors (Lipinski definition) is 2. The molecule has 2 N–H and O–H groups in total. The summed E-state index contributed by atoms with van der Waals surface area (Å²) in [6, 6.07) is 15.0. The van der Waals surface area contributed by atoms with Crippen molar-refractivity contribution in [2.45, 2.75) is 13.8 Å². The molecule has 0 aliphatic heterocycles. The Morgan fingerprint density at radius 3 is 2.61 bits per heavy atom. The van der Waals surface area contributed by atoms with Crippen LogP contribution in [0.2, 0.25) is 0 Å². The Morgan fingerprint density at radius 2 is 1.90 bits per heavy atom. The molecule has 8 heteroatoms. The van der Waals surface area contributed by atoms with Gasteiger partial charge in [0.2, 0.25) is 0 Å². The quantitative estimate of drug-likeness (QED) is 0.290. The molecule has 6 nitrogen and oxygen atoms in total. The van der Waals surface area contributed by atoms with Gasteiger partial charge in [-0.3, -0.25) is 4.79 Å². The van der Waals surface area contributed by atoms with Crippen LogP contribution in [0.4, 0.5) is 5.69 Å². The van der Waals surface area contributed by atoms with Gasteiger partial charge in [-0.25, -0.2) is 5.43 Å². The maximum atomic E-state index is 12.1. The summed E-state index contributed by atoms with van der Waals surface area (Å²) in [6.45, 7) is 5.63. The zero-order chi connectivity index (χ0) is 22.4. The number of amides is 1. The van der Waals surface area contributed by atoms with Gasteiger partial charge in [-0.1, -0.05) is 28.1 Å². The van der Waals surface area contributed by atoms with E-state index in [1.54, 1.807) is 12.1 Å². The Hall–Kier alpha value is -2.58. The number of hydrazone groups is 1. The fourth-order valence-electron chi connectivity index (χ4n) is 3.13. The molecule has 0 saturated carbocycles. The SMILES string of the molecule is CCN(CC)c1ccc(C=NNC(=O)COc2ccc3cc(Br)ccc3c2Br)c(O)c1. The van der Waals surface area contributed by atoms with Crippen molar-refractivity contribution in [1.82, 2.24) is 5.43 Å². The Kier molecular flexibility index (Phi) is 7.92. The van der Waals surface area contributed by atoms with Crippen molar-refractivity contribution in [2.24, 2.45) is 5.10 Å². The summed E-state index contributed by atoms with van der Waals surface area (Å²) in [4.78, 5) is 14.2. The van der Waals surface area contributed by atoms with Crippen molar-refractivity contribution < 1.29 is 14.6 Å². The van der Waals surface area contributed by atoms with E-state index in [4.69, 9.17) is 4.74 Å². The predicted molar refractivity (Wildman–Crippen MR) is 132 cm³/mol. The number of rotatable bonds is 8. The number of fused-ring (bicyclic) bond motifs is 1. The number of carbonyl (C=O) groups excluding carboxylic acids is 1. The van der Waals surface area contributed by atoms with Gasteiger partial charge >= 0.3 is 0 Å². The van der Waals surface area contributed by atoms with Gasteiger partial charge in [-0.2, -0.15) is 5.10 Å². The summed E-state index contributed by atoms with van der Waals surface area (Å²) in [5.41, 5.74) is 3.86. The van der Waals surface area contributed by atoms with E-state index in [2.05, 4.69) is 61.1 Å². The number of anilines is 1. The fourth-order valence-corrected chi connectivity index (χ4v) is 4.12. The number of nitrogens with zero attached hydrogens (tertiary/aromatic N) is 2. The Bertz CT molecular complexity index is 1110. The maximum absolute atomic E-state index is 12.1. The number of carbonyl (C=O) groups is 1. The van der Waals surface area contributed by atoms with Gasteiger partial charge in [0.25, 0.3) is 5.91 Å². The Labute approximate surface area is 198 Å². The molecular formula is C23H23Br2N3O3. The van der Waals surface area contributed by atoms with Crippen LogP contribution in [0.25, 0.3) is 10.8 Å². The number of aromatic hydroxyl groups is 1. The molecule has 0 radical (unpaired) electrons. The zero-order valence-corrected chi connectivity index (χ0v) is 20.4. The van der Waals surface area contributed by atoms with E-state index < -0.39 is 5.91 Å². The number of hydrogen-bond acceptors (Lipinski definition) is 5. The van der Waals surface area contributed by atoms with Gasteiger partial charge in [0.15, 0.2) is 6.61 Å². The third kappa shape index (κ3) is 5.77. The lowest BCUT2D eigenvalue weighted by molar-refractivity contribution is -0.123. The standard InChI is InChI=1S/C23H23Br2N3O3/c1-3-28(4-2)18-8-5-16(20(29)12-18)13-26-27-22(30)14-31-21-10-6-15-11-17(24)7-9-19(15)23(21)25/h5-13,29H,3-4,14H2,1-2H3,(H,27,30). The lowest BCUT2D eigenvalue weighted by Crippen LogP contribution is -2.24. The molecule has 1 amide bonds. The molecule has 3 aromatic carbocycles. The van der Waals surface area contributed by atoms with Crippen LogP contribution in [-0.2, 0) is 4.79 Å². The van der Waals surface area contributed by atoms with Crippen LogP contribution in [0.5, 0.6) is 11.5 Å². The van der Waals surface area contributed by atoms with Gasteiger partial charge in [0.1, 0.15) is 11.5 Å². The molecule has 0 aliphatic carbocycles. The molecule has 0 unspecified atom stereocenters. The largest absolute Gasteiger partial charge is 0.507 e. The summed E-state index contributed by atoms with van der Waals surface area (Å²) >= 11 is 7.00. The smallest absolute Gasteiger partial charge is 0.277 e. The number of benzene rings is 3. The van der Waals surface area contributed by atoms with Gasteiger partial charge in [-0.15, -0.1) is 0 Å². The highest BCUT2D eigenvalue weighted by molar-refractivity contribution is 9.11. The van der Waals surface area contributed by atoms with E-state index in [1.165, 1.54) is 6.21 Å². The van der Waals surface area contributed by atoms with E-state index in [-0.39, 0.29) is 12.4 Å². The highest BCUT2D eigenvalue weighted by atomic mass is 79.9. The van der Waals surface area contributed by atoms with Crippen molar-refractivity contribution in [3.8, 4) is 11.5 Å². The van der Waals surface area contributed by atoms with Crippen molar-refractivity contribution in [2.75, 3.05) is 24.6 Å². The third-order valence-electron chi connectivity index (χ3n) is 4.77. The topological polar surface area (TPSA) is 74.2 Å². The molecule has 0 atom stereocenters. The van der Waals surface area contributed by atoms with Crippen LogP contribution >= 0.6 is 31.9 Å². The highest BCUT2D eigenvalue weighted by Gasteiger charge is 2.09. The van der Waals surface area contributed by atoms with E-state index >= 15 is 0 Å². The molecule has 31 heavy (non-hydrogen) atoms. The van der Waals surface area contributed by atoms with E-state index in [1.807, 2.05) is 36.4 Å². The molecule has 0 bridgehead atoms. The first-order valence-electron chi connectivity index (χ1n) is 9.83. The number of phenols is 1. The number of nitrogens with one attached hydrogen (secondary N) is 1. The van der Waals surface area contributed by atoms with Crippen LogP contribution in [0, 0.1) is 0 Å². The Morgan fingerprint density at radius 1 is 1.13 bits per heavy atom. The Balaban J connectivity index is 1.58. The zero-order valence-electron chi connectivity index (χ0n) is 17.2. The second kappa shape index (κ2) is 10.6. The van der Waals surface area contributed by atoms with Gasteiger partial charge in [0.05, 0.1) is 10.7 Å². The minimum Gasteiger partial charge on any atom is -0.507 e. The molecular weight excluding hydrogens is 526 g/mol. The summed E-state index contributed by atoms with van der Waals surface area (Å²) in [5.74, 6) is 0.266. The van der Waals surface area contributed by atoms with Gasteiger partial charge < -0.3 is 14.7 Å². The lowest BCUT2D eigenvalue weighted by atomic mass is 10.1. The number of ether oxygens (including phenoxy) is 1. The van der Waals surface area contributed by atoms with Crippen molar-refractivity contribution in [1.29, 1.82) is 0 Å². The monoisotopic (exact) mass is 547 g/mol. The molecule has 0 aromatic heterocycles. The minimum absolute atomic E-state index is 0.102. The van der Waals surface area contributed by atoms with Crippen LogP contribution < -0.4 is 15.1 Å².